The highest BCUT2D eigenvalue weighted by Crippen LogP contribution is 2.22. The summed E-state index contributed by atoms with van der Waals surface area (Å²) < 4.78 is 39.9. The maximum Gasteiger partial charge on any atom is 0.257 e. The van der Waals surface area contributed by atoms with Gasteiger partial charge in [-0.3, -0.25) is 14.5 Å². The van der Waals surface area contributed by atoms with Gasteiger partial charge in [-0.25, -0.2) is 13.2 Å². The van der Waals surface area contributed by atoms with Crippen LogP contribution in [0.2, 0.25) is 0 Å². The number of hydrogen-bond acceptors (Lipinski definition) is 3. The average Bonchev–Trinajstić information content (AvgIpc) is 2.51. The van der Waals surface area contributed by atoms with E-state index in [4.69, 9.17) is 0 Å². The van der Waals surface area contributed by atoms with Crippen molar-refractivity contribution in [2.45, 2.75) is 13.0 Å². The second-order valence-electron chi connectivity index (χ2n) is 6.13. The topological polar surface area (TPSA) is 43.9 Å². The van der Waals surface area contributed by atoms with Crippen LogP contribution in [0.3, 0.4) is 0 Å². The third-order valence-corrected chi connectivity index (χ3v) is 4.69. The van der Waals surface area contributed by atoms with E-state index in [9.17, 15) is 22.8 Å². The maximum atomic E-state index is 13.7. The maximum absolute atomic E-state index is 13.7. The third-order valence-electron chi connectivity index (χ3n) is 4.69. The fourth-order valence-corrected chi connectivity index (χ4v) is 3.12. The first kappa shape index (κ1) is 16.8. The van der Waals surface area contributed by atoms with Gasteiger partial charge in [-0.1, -0.05) is 0 Å². The quantitative estimate of drug-likeness (QED) is 0.757. The van der Waals surface area contributed by atoms with Crippen LogP contribution in [0.1, 0.15) is 17.3 Å². The first-order chi connectivity index (χ1) is 11.4. The van der Waals surface area contributed by atoms with Gasteiger partial charge >= 0.3 is 0 Å². The number of carbonyl (C=O) groups is 2. The van der Waals surface area contributed by atoms with Crippen LogP contribution in [0.5, 0.6) is 0 Å². The Balaban J connectivity index is 1.56. The lowest BCUT2D eigenvalue weighted by Gasteiger charge is -2.48. The lowest BCUT2D eigenvalue weighted by Crippen LogP contribution is -2.64. The molecule has 2 amide bonds. The summed E-state index contributed by atoms with van der Waals surface area (Å²) >= 11 is 0. The minimum atomic E-state index is -1.63. The Kier molecular flexibility index (Phi) is 4.49. The molecule has 1 aromatic carbocycles. The minimum absolute atomic E-state index is 0.0499. The molecule has 0 aromatic heterocycles. The van der Waals surface area contributed by atoms with Crippen molar-refractivity contribution in [3.05, 3.63) is 35.1 Å². The number of likely N-dealkylation sites (tertiary alicyclic amines) is 1. The van der Waals surface area contributed by atoms with Crippen LogP contribution in [0.4, 0.5) is 13.2 Å². The number of hydrogen-bond donors (Lipinski definition) is 0. The van der Waals surface area contributed by atoms with Crippen LogP contribution >= 0.6 is 0 Å². The van der Waals surface area contributed by atoms with Crippen LogP contribution < -0.4 is 0 Å². The van der Waals surface area contributed by atoms with Crippen LogP contribution in [-0.4, -0.2) is 71.8 Å². The van der Waals surface area contributed by atoms with E-state index in [0.29, 0.717) is 26.2 Å². The molecule has 2 aliphatic heterocycles. The number of piperazine rings is 1. The van der Waals surface area contributed by atoms with E-state index in [1.165, 1.54) is 11.8 Å². The molecule has 0 saturated carbocycles. The Morgan fingerprint density at radius 3 is 2.17 bits per heavy atom. The summed E-state index contributed by atoms with van der Waals surface area (Å²) in [5.74, 6) is -4.97. The largest absolute Gasteiger partial charge is 0.340 e. The van der Waals surface area contributed by atoms with E-state index < -0.39 is 28.9 Å². The molecule has 24 heavy (non-hydrogen) atoms. The fraction of sp³-hybridized carbons (Fsp3) is 0.500. The summed E-state index contributed by atoms with van der Waals surface area (Å²) in [6, 6.07) is 1.87. The third kappa shape index (κ3) is 2.98. The van der Waals surface area contributed by atoms with E-state index in [-0.39, 0.29) is 11.9 Å². The molecule has 8 heteroatoms. The lowest BCUT2D eigenvalue weighted by atomic mass is 10.0. The molecule has 0 aliphatic carbocycles. The van der Waals surface area contributed by atoms with Crippen molar-refractivity contribution in [2.24, 2.45) is 0 Å². The predicted octanol–water partition coefficient (Wildman–Crippen LogP) is 1.09. The van der Waals surface area contributed by atoms with Crippen molar-refractivity contribution in [3.63, 3.8) is 0 Å². The van der Waals surface area contributed by atoms with Gasteiger partial charge in [0.05, 0.1) is 5.56 Å². The Bertz CT molecular complexity index is 669. The summed E-state index contributed by atoms with van der Waals surface area (Å²) in [5, 5.41) is 0. The van der Waals surface area contributed by atoms with Gasteiger partial charge in [0.1, 0.15) is 0 Å². The lowest BCUT2D eigenvalue weighted by molar-refractivity contribution is -0.131. The number of rotatable bonds is 2. The highest BCUT2D eigenvalue weighted by atomic mass is 19.2. The van der Waals surface area contributed by atoms with E-state index in [1.807, 2.05) is 0 Å². The van der Waals surface area contributed by atoms with E-state index in [0.717, 1.165) is 25.2 Å². The van der Waals surface area contributed by atoms with Gasteiger partial charge in [0.25, 0.3) is 5.91 Å². The van der Waals surface area contributed by atoms with E-state index in [1.54, 1.807) is 4.90 Å². The molecular formula is C16H18F3N3O2. The van der Waals surface area contributed by atoms with E-state index in [2.05, 4.69) is 4.90 Å². The number of carbonyl (C=O) groups excluding carboxylic acids is 2. The molecule has 2 heterocycles. The Morgan fingerprint density at radius 1 is 0.958 bits per heavy atom. The minimum Gasteiger partial charge on any atom is -0.340 e. The molecule has 0 bridgehead atoms. The zero-order chi connectivity index (χ0) is 17.4. The number of nitrogens with zero attached hydrogens (tertiary/aromatic N) is 3. The molecule has 2 aliphatic rings. The Labute approximate surface area is 137 Å². The summed E-state index contributed by atoms with van der Waals surface area (Å²) in [6.07, 6.45) is 0. The Hall–Kier alpha value is -2.09. The molecule has 2 saturated heterocycles. The molecule has 0 N–H and O–H groups in total. The first-order valence-electron chi connectivity index (χ1n) is 7.81. The highest BCUT2D eigenvalue weighted by molar-refractivity contribution is 5.95. The number of halogens is 3. The molecule has 3 rings (SSSR count). The van der Waals surface area contributed by atoms with Gasteiger partial charge in [0, 0.05) is 52.2 Å². The van der Waals surface area contributed by atoms with Gasteiger partial charge < -0.3 is 9.80 Å². The van der Waals surface area contributed by atoms with Crippen LogP contribution in [0.15, 0.2) is 12.1 Å². The standard InChI is InChI=1S/C16H18F3N3O2/c1-10(23)20-4-6-21(7-5-20)11-8-22(9-11)16(24)12-2-3-13(17)15(19)14(12)18/h2-3,11H,4-9H2,1H3. The molecule has 5 nitrogen and oxygen atoms in total. The Morgan fingerprint density at radius 2 is 1.58 bits per heavy atom. The van der Waals surface area contributed by atoms with Crippen molar-refractivity contribution in [1.29, 1.82) is 0 Å². The van der Waals surface area contributed by atoms with E-state index >= 15 is 0 Å². The number of amides is 2. The smallest absolute Gasteiger partial charge is 0.257 e. The van der Waals surface area contributed by atoms with Crippen molar-refractivity contribution in [1.82, 2.24) is 14.7 Å². The molecule has 2 fully saturated rings. The zero-order valence-electron chi connectivity index (χ0n) is 13.3. The van der Waals surface area contributed by atoms with Crippen molar-refractivity contribution >= 4 is 11.8 Å². The second kappa shape index (κ2) is 6.43. The highest BCUT2D eigenvalue weighted by Gasteiger charge is 2.37. The second-order valence-corrected chi connectivity index (χ2v) is 6.13. The first-order valence-corrected chi connectivity index (χ1v) is 7.81. The SMILES string of the molecule is CC(=O)N1CCN(C2CN(C(=O)c3ccc(F)c(F)c3F)C2)CC1. The van der Waals surface area contributed by atoms with Crippen LogP contribution in [0.25, 0.3) is 0 Å². The molecule has 0 unspecified atom stereocenters. The zero-order valence-corrected chi connectivity index (χ0v) is 13.3. The number of benzene rings is 1. The van der Waals surface area contributed by atoms with Crippen molar-refractivity contribution in [3.8, 4) is 0 Å². The summed E-state index contributed by atoms with van der Waals surface area (Å²) in [7, 11) is 0. The predicted molar refractivity (Wildman–Crippen MR) is 79.8 cm³/mol. The molecule has 1 aromatic rings. The van der Waals surface area contributed by atoms with Crippen LogP contribution in [-0.2, 0) is 4.79 Å². The van der Waals surface area contributed by atoms with Gasteiger partial charge in [0.2, 0.25) is 5.91 Å². The van der Waals surface area contributed by atoms with Crippen molar-refractivity contribution in [2.75, 3.05) is 39.3 Å². The molecule has 0 atom stereocenters. The van der Waals surface area contributed by atoms with Gasteiger partial charge in [-0.2, -0.15) is 0 Å². The summed E-state index contributed by atoms with van der Waals surface area (Å²) in [4.78, 5) is 28.9. The molecule has 0 radical (unpaired) electrons. The summed E-state index contributed by atoms with van der Waals surface area (Å²) in [6.45, 7) is 5.12. The van der Waals surface area contributed by atoms with Gasteiger partial charge in [-0.05, 0) is 12.1 Å². The fourth-order valence-electron chi connectivity index (χ4n) is 3.12. The van der Waals surface area contributed by atoms with Crippen molar-refractivity contribution < 1.29 is 22.8 Å². The monoisotopic (exact) mass is 341 g/mol. The average molecular weight is 341 g/mol. The molecular weight excluding hydrogens is 323 g/mol. The molecule has 130 valence electrons. The van der Waals surface area contributed by atoms with Crippen LogP contribution in [0, 0.1) is 17.5 Å². The summed E-state index contributed by atoms with van der Waals surface area (Å²) in [5.41, 5.74) is -0.450. The van der Waals surface area contributed by atoms with Gasteiger partial charge in [0.15, 0.2) is 17.5 Å². The van der Waals surface area contributed by atoms with Gasteiger partial charge in [-0.15, -0.1) is 0 Å². The normalized spacial score (nSPS) is 19.3. The molecule has 0 spiro atoms.